The van der Waals surface area contributed by atoms with Crippen molar-refractivity contribution >= 4 is 11.9 Å². The van der Waals surface area contributed by atoms with Crippen LogP contribution in [-0.2, 0) is 4.79 Å². The van der Waals surface area contributed by atoms with Crippen LogP contribution >= 0.6 is 0 Å². The number of carbonyl (C=O) groups is 1. The van der Waals surface area contributed by atoms with Gasteiger partial charge in [-0.05, 0) is 25.0 Å². The van der Waals surface area contributed by atoms with Gasteiger partial charge in [0.05, 0.1) is 13.1 Å². The van der Waals surface area contributed by atoms with Gasteiger partial charge in [0.2, 0.25) is 5.91 Å². The molecule has 8 heteroatoms. The number of aliphatic imine (C=N–C) groups is 1. The van der Waals surface area contributed by atoms with Crippen molar-refractivity contribution in [3.05, 3.63) is 29.8 Å². The number of hydrogen-bond donors (Lipinski definition) is 1. The van der Waals surface area contributed by atoms with Crippen LogP contribution in [-0.4, -0.2) is 67.5 Å². The molecule has 1 aromatic carbocycles. The molecule has 1 saturated carbocycles. The van der Waals surface area contributed by atoms with Crippen LogP contribution in [0.4, 0.5) is 8.78 Å². The van der Waals surface area contributed by atoms with Crippen LogP contribution in [0.5, 0.6) is 5.75 Å². The first-order valence-electron chi connectivity index (χ1n) is 8.41. The van der Waals surface area contributed by atoms with E-state index in [1.807, 2.05) is 9.80 Å². The second-order valence-corrected chi connectivity index (χ2v) is 6.14. The molecule has 2 fully saturated rings. The zero-order valence-corrected chi connectivity index (χ0v) is 14.2. The summed E-state index contributed by atoms with van der Waals surface area (Å²) in [7, 11) is 1.66. The number of nitrogens with one attached hydrogen (secondary N) is 1. The molecule has 0 spiro atoms. The van der Waals surface area contributed by atoms with Crippen molar-refractivity contribution in [2.75, 3.05) is 39.8 Å². The lowest BCUT2D eigenvalue weighted by Gasteiger charge is -2.36. The molecule has 136 valence electrons. The highest BCUT2D eigenvalue weighted by Gasteiger charge is 2.36. The summed E-state index contributed by atoms with van der Waals surface area (Å²) in [6.45, 7) is 2.48. The molecular weight excluding hydrogens is 330 g/mol. The number of carbonyl (C=O) groups excluding carboxylic acids is 1. The van der Waals surface area contributed by atoms with Gasteiger partial charge in [0.25, 0.3) is 0 Å². The number of amides is 1. The molecule has 1 heterocycles. The highest BCUT2D eigenvalue weighted by Crippen LogP contribution is 2.28. The van der Waals surface area contributed by atoms with Crippen molar-refractivity contribution in [1.82, 2.24) is 15.1 Å². The Labute approximate surface area is 145 Å². The molecule has 1 N–H and O–H groups in total. The van der Waals surface area contributed by atoms with Crippen molar-refractivity contribution in [1.29, 1.82) is 0 Å². The van der Waals surface area contributed by atoms with Crippen molar-refractivity contribution in [2.45, 2.75) is 18.9 Å². The van der Waals surface area contributed by atoms with E-state index in [1.54, 1.807) is 7.05 Å². The molecule has 1 amide bonds. The topological polar surface area (TPSA) is 57.2 Å². The van der Waals surface area contributed by atoms with Gasteiger partial charge < -0.3 is 19.9 Å². The third kappa shape index (κ3) is 4.37. The van der Waals surface area contributed by atoms with E-state index in [9.17, 15) is 13.6 Å². The number of piperazine rings is 1. The molecule has 3 rings (SSSR count). The summed E-state index contributed by atoms with van der Waals surface area (Å²) in [5.41, 5.74) is 0. The molecular formula is C17H22F2N4O2. The molecule has 2 aliphatic rings. The zero-order chi connectivity index (χ0) is 17.8. The molecule has 1 saturated heterocycles. The van der Waals surface area contributed by atoms with Crippen LogP contribution in [0.2, 0.25) is 0 Å². The Kier molecular flexibility index (Phi) is 5.35. The fraction of sp³-hybridized carbons (Fsp3) is 0.529. The minimum Gasteiger partial charge on any atom is -0.492 e. The molecule has 0 unspecified atom stereocenters. The number of guanidine groups is 1. The van der Waals surface area contributed by atoms with Crippen molar-refractivity contribution in [3.8, 4) is 5.75 Å². The lowest BCUT2D eigenvalue weighted by atomic mass is 10.3. The van der Waals surface area contributed by atoms with Crippen LogP contribution in [0.1, 0.15) is 12.8 Å². The van der Waals surface area contributed by atoms with Gasteiger partial charge in [-0.2, -0.15) is 0 Å². The average molecular weight is 352 g/mol. The lowest BCUT2D eigenvalue weighted by molar-refractivity contribution is -0.135. The van der Waals surface area contributed by atoms with Crippen LogP contribution in [0.25, 0.3) is 0 Å². The van der Waals surface area contributed by atoms with Crippen LogP contribution in [0, 0.1) is 11.6 Å². The SMILES string of the molecule is CN=C(NCCOc1ccc(F)c(F)c1)N1CCN(C2CC2)C(=O)C1. The number of halogens is 2. The first kappa shape index (κ1) is 17.4. The highest BCUT2D eigenvalue weighted by atomic mass is 19.2. The highest BCUT2D eigenvalue weighted by molar-refractivity contribution is 5.87. The maximum absolute atomic E-state index is 13.1. The molecule has 25 heavy (non-hydrogen) atoms. The fourth-order valence-corrected chi connectivity index (χ4v) is 2.87. The largest absolute Gasteiger partial charge is 0.492 e. The fourth-order valence-electron chi connectivity index (χ4n) is 2.87. The first-order valence-corrected chi connectivity index (χ1v) is 8.41. The van der Waals surface area contributed by atoms with Crippen molar-refractivity contribution in [3.63, 3.8) is 0 Å². The van der Waals surface area contributed by atoms with E-state index in [0.717, 1.165) is 38.1 Å². The lowest BCUT2D eigenvalue weighted by Crippen LogP contribution is -2.56. The van der Waals surface area contributed by atoms with Crippen LogP contribution < -0.4 is 10.1 Å². The summed E-state index contributed by atoms with van der Waals surface area (Å²) >= 11 is 0. The third-order valence-electron chi connectivity index (χ3n) is 4.30. The Bertz CT molecular complexity index is 664. The van der Waals surface area contributed by atoms with Gasteiger partial charge in [-0.1, -0.05) is 0 Å². The smallest absolute Gasteiger partial charge is 0.242 e. The second-order valence-electron chi connectivity index (χ2n) is 6.14. The summed E-state index contributed by atoms with van der Waals surface area (Å²) < 4.78 is 31.4. The van der Waals surface area contributed by atoms with Gasteiger partial charge in [0.15, 0.2) is 17.6 Å². The molecule has 0 atom stereocenters. The Balaban J connectivity index is 1.43. The van der Waals surface area contributed by atoms with E-state index in [-0.39, 0.29) is 18.3 Å². The third-order valence-corrected chi connectivity index (χ3v) is 4.30. The minimum absolute atomic E-state index is 0.134. The van der Waals surface area contributed by atoms with Crippen LogP contribution in [0.15, 0.2) is 23.2 Å². The quantitative estimate of drug-likeness (QED) is 0.492. The van der Waals surface area contributed by atoms with Gasteiger partial charge in [0.1, 0.15) is 12.4 Å². The van der Waals surface area contributed by atoms with E-state index in [0.29, 0.717) is 25.1 Å². The molecule has 0 bridgehead atoms. The maximum Gasteiger partial charge on any atom is 0.242 e. The predicted molar refractivity (Wildman–Crippen MR) is 89.5 cm³/mol. The minimum atomic E-state index is -0.937. The normalized spacial score (nSPS) is 18.5. The predicted octanol–water partition coefficient (Wildman–Crippen LogP) is 1.23. The van der Waals surface area contributed by atoms with Crippen LogP contribution in [0.3, 0.4) is 0 Å². The number of benzene rings is 1. The molecule has 0 aromatic heterocycles. The van der Waals surface area contributed by atoms with Gasteiger partial charge in [-0.3, -0.25) is 9.79 Å². The van der Waals surface area contributed by atoms with E-state index >= 15 is 0 Å². The molecule has 1 aliphatic carbocycles. The number of rotatable bonds is 5. The number of nitrogens with zero attached hydrogens (tertiary/aromatic N) is 3. The molecule has 1 aromatic rings. The van der Waals surface area contributed by atoms with E-state index < -0.39 is 11.6 Å². The van der Waals surface area contributed by atoms with Crippen molar-refractivity contribution in [2.24, 2.45) is 4.99 Å². The van der Waals surface area contributed by atoms with Crippen molar-refractivity contribution < 1.29 is 18.3 Å². The van der Waals surface area contributed by atoms with Gasteiger partial charge in [-0.25, -0.2) is 8.78 Å². The monoisotopic (exact) mass is 352 g/mol. The standard InChI is InChI=1S/C17H22F2N4O2/c1-20-17(22-7-8-23(12-2-3-12)16(24)11-22)21-6-9-25-13-4-5-14(18)15(19)10-13/h4-5,10,12H,2-3,6-9,11H2,1H3,(H,20,21). The second kappa shape index (κ2) is 7.67. The average Bonchev–Trinajstić information content (AvgIpc) is 3.43. The van der Waals surface area contributed by atoms with Gasteiger partial charge >= 0.3 is 0 Å². The Hall–Kier alpha value is -2.38. The molecule has 1 aliphatic heterocycles. The van der Waals surface area contributed by atoms with Gasteiger partial charge in [0, 0.05) is 32.2 Å². The van der Waals surface area contributed by atoms with Gasteiger partial charge in [-0.15, -0.1) is 0 Å². The summed E-state index contributed by atoms with van der Waals surface area (Å²) in [5, 5.41) is 3.13. The Morgan fingerprint density at radius 1 is 1.32 bits per heavy atom. The summed E-state index contributed by atoms with van der Waals surface area (Å²) in [4.78, 5) is 20.3. The molecule has 6 nitrogen and oxygen atoms in total. The summed E-state index contributed by atoms with van der Waals surface area (Å²) in [6.07, 6.45) is 2.22. The van der Waals surface area contributed by atoms with E-state index in [4.69, 9.17) is 4.74 Å². The zero-order valence-electron chi connectivity index (χ0n) is 14.2. The number of ether oxygens (including phenoxy) is 1. The Morgan fingerprint density at radius 3 is 2.76 bits per heavy atom. The maximum atomic E-state index is 13.1. The summed E-state index contributed by atoms with van der Waals surface area (Å²) in [5.74, 6) is -0.800. The summed E-state index contributed by atoms with van der Waals surface area (Å²) in [6, 6.07) is 3.86. The molecule has 0 radical (unpaired) electrons. The number of hydrogen-bond acceptors (Lipinski definition) is 3. The Morgan fingerprint density at radius 2 is 2.12 bits per heavy atom. The first-order chi connectivity index (χ1) is 12.1. The van der Waals surface area contributed by atoms with E-state index in [1.165, 1.54) is 6.07 Å². The van der Waals surface area contributed by atoms with E-state index in [2.05, 4.69) is 10.3 Å².